The van der Waals surface area contributed by atoms with Crippen molar-refractivity contribution in [2.75, 3.05) is 25.1 Å². The van der Waals surface area contributed by atoms with Crippen LogP contribution in [0.25, 0.3) is 0 Å². The fourth-order valence-corrected chi connectivity index (χ4v) is 2.47. The van der Waals surface area contributed by atoms with E-state index in [-0.39, 0.29) is 5.13 Å². The SMILES string of the molecule is O=C(NCC1CCOCC1)Nc1ncc(C(F)(F)F)s1. The Morgan fingerprint density at radius 1 is 1.45 bits per heavy atom. The molecule has 9 heteroatoms. The van der Waals surface area contributed by atoms with Gasteiger partial charge in [0.1, 0.15) is 4.88 Å². The van der Waals surface area contributed by atoms with Gasteiger partial charge < -0.3 is 10.1 Å². The van der Waals surface area contributed by atoms with Crippen LogP contribution < -0.4 is 10.6 Å². The van der Waals surface area contributed by atoms with Crippen molar-refractivity contribution in [2.24, 2.45) is 5.92 Å². The van der Waals surface area contributed by atoms with Crippen molar-refractivity contribution in [3.63, 3.8) is 0 Å². The molecular weight excluding hydrogens is 295 g/mol. The second-order valence-corrected chi connectivity index (χ2v) is 5.45. The van der Waals surface area contributed by atoms with E-state index in [9.17, 15) is 18.0 Å². The van der Waals surface area contributed by atoms with E-state index in [4.69, 9.17) is 4.74 Å². The zero-order valence-electron chi connectivity index (χ0n) is 10.5. The van der Waals surface area contributed by atoms with E-state index in [0.717, 1.165) is 12.8 Å². The molecule has 112 valence electrons. The lowest BCUT2D eigenvalue weighted by atomic mass is 10.0. The number of thiazole rings is 1. The lowest BCUT2D eigenvalue weighted by Crippen LogP contribution is -2.35. The molecule has 2 heterocycles. The van der Waals surface area contributed by atoms with Crippen molar-refractivity contribution in [3.05, 3.63) is 11.1 Å². The number of anilines is 1. The molecule has 0 unspecified atom stereocenters. The van der Waals surface area contributed by atoms with Crippen LogP contribution >= 0.6 is 11.3 Å². The first kappa shape index (κ1) is 15.0. The highest BCUT2D eigenvalue weighted by Crippen LogP contribution is 2.34. The van der Waals surface area contributed by atoms with E-state index >= 15 is 0 Å². The summed E-state index contributed by atoms with van der Waals surface area (Å²) in [6.07, 6.45) is -1.99. The number of alkyl halides is 3. The molecule has 0 bridgehead atoms. The highest BCUT2D eigenvalue weighted by atomic mass is 32.1. The molecule has 2 N–H and O–H groups in total. The minimum atomic E-state index is -4.43. The fraction of sp³-hybridized carbons (Fsp3) is 0.636. The van der Waals surface area contributed by atoms with Crippen molar-refractivity contribution >= 4 is 22.5 Å². The zero-order chi connectivity index (χ0) is 14.6. The molecule has 5 nitrogen and oxygen atoms in total. The molecule has 1 fully saturated rings. The van der Waals surface area contributed by atoms with E-state index in [1.54, 1.807) is 0 Å². The van der Waals surface area contributed by atoms with Gasteiger partial charge in [-0.1, -0.05) is 11.3 Å². The van der Waals surface area contributed by atoms with Crippen LogP contribution in [-0.2, 0) is 10.9 Å². The van der Waals surface area contributed by atoms with Crippen molar-refractivity contribution in [1.29, 1.82) is 0 Å². The molecule has 1 aromatic heterocycles. The first-order valence-corrected chi connectivity index (χ1v) is 6.92. The first-order chi connectivity index (χ1) is 9.45. The molecular formula is C11H14F3N3O2S. The minimum Gasteiger partial charge on any atom is -0.381 e. The van der Waals surface area contributed by atoms with E-state index in [0.29, 0.717) is 43.2 Å². The van der Waals surface area contributed by atoms with Gasteiger partial charge in [0, 0.05) is 19.8 Å². The summed E-state index contributed by atoms with van der Waals surface area (Å²) in [6.45, 7) is 1.83. The second-order valence-electron chi connectivity index (χ2n) is 4.42. The monoisotopic (exact) mass is 309 g/mol. The average Bonchev–Trinajstić information content (AvgIpc) is 2.86. The van der Waals surface area contributed by atoms with Gasteiger partial charge in [0.25, 0.3) is 0 Å². The molecule has 2 rings (SSSR count). The Labute approximate surface area is 117 Å². The number of hydrogen-bond donors (Lipinski definition) is 2. The molecule has 0 saturated carbocycles. The number of urea groups is 1. The van der Waals surface area contributed by atoms with Crippen LogP contribution in [0.2, 0.25) is 0 Å². The van der Waals surface area contributed by atoms with Gasteiger partial charge in [-0.3, -0.25) is 5.32 Å². The molecule has 0 spiro atoms. The predicted molar refractivity (Wildman–Crippen MR) is 67.7 cm³/mol. The number of aromatic nitrogens is 1. The van der Waals surface area contributed by atoms with Gasteiger partial charge in [-0.25, -0.2) is 9.78 Å². The van der Waals surface area contributed by atoms with Crippen LogP contribution in [0.3, 0.4) is 0 Å². The molecule has 2 amide bonds. The normalized spacial score (nSPS) is 16.9. The highest BCUT2D eigenvalue weighted by molar-refractivity contribution is 7.15. The number of hydrogen-bond acceptors (Lipinski definition) is 4. The van der Waals surface area contributed by atoms with E-state index in [1.807, 2.05) is 0 Å². The number of rotatable bonds is 3. The number of nitrogens with one attached hydrogen (secondary N) is 2. The number of carbonyl (C=O) groups is 1. The van der Waals surface area contributed by atoms with Crippen LogP contribution in [0.5, 0.6) is 0 Å². The van der Waals surface area contributed by atoms with Gasteiger partial charge in [0.05, 0.1) is 6.20 Å². The third kappa shape index (κ3) is 4.34. The Kier molecular flexibility index (Phi) is 4.81. The van der Waals surface area contributed by atoms with Gasteiger partial charge in [-0.05, 0) is 18.8 Å². The van der Waals surface area contributed by atoms with Gasteiger partial charge >= 0.3 is 12.2 Å². The summed E-state index contributed by atoms with van der Waals surface area (Å²) in [4.78, 5) is 14.2. The molecule has 0 radical (unpaired) electrons. The third-order valence-corrected chi connectivity index (χ3v) is 3.86. The van der Waals surface area contributed by atoms with Crippen LogP contribution in [0.4, 0.5) is 23.1 Å². The molecule has 1 aromatic rings. The Bertz CT molecular complexity index is 458. The van der Waals surface area contributed by atoms with Crippen LogP contribution in [0.15, 0.2) is 6.20 Å². The first-order valence-electron chi connectivity index (χ1n) is 6.11. The van der Waals surface area contributed by atoms with Gasteiger partial charge in [0.15, 0.2) is 5.13 Å². The molecule has 0 atom stereocenters. The summed E-state index contributed by atoms with van der Waals surface area (Å²) in [5.41, 5.74) is 0. The molecule has 1 aliphatic heterocycles. The lowest BCUT2D eigenvalue weighted by molar-refractivity contribution is -0.134. The van der Waals surface area contributed by atoms with Crippen LogP contribution in [-0.4, -0.2) is 30.8 Å². The van der Waals surface area contributed by atoms with Crippen molar-refractivity contribution in [3.8, 4) is 0 Å². The molecule has 20 heavy (non-hydrogen) atoms. The summed E-state index contributed by atoms with van der Waals surface area (Å²) in [5, 5.41) is 4.86. The maximum atomic E-state index is 12.4. The highest BCUT2D eigenvalue weighted by Gasteiger charge is 2.33. The summed E-state index contributed by atoms with van der Waals surface area (Å²) in [5.74, 6) is 0.344. The van der Waals surface area contributed by atoms with E-state index in [2.05, 4.69) is 15.6 Å². The Morgan fingerprint density at radius 3 is 2.75 bits per heavy atom. The number of amides is 2. The van der Waals surface area contributed by atoms with E-state index in [1.165, 1.54) is 0 Å². The fourth-order valence-electron chi connectivity index (χ4n) is 1.79. The van der Waals surface area contributed by atoms with Crippen molar-refractivity contribution < 1.29 is 22.7 Å². The largest absolute Gasteiger partial charge is 0.427 e. The van der Waals surface area contributed by atoms with Gasteiger partial charge in [-0.15, -0.1) is 0 Å². The summed E-state index contributed by atoms with van der Waals surface area (Å²) >= 11 is 0.402. The van der Waals surface area contributed by atoms with Gasteiger partial charge in [-0.2, -0.15) is 13.2 Å². The van der Waals surface area contributed by atoms with Crippen molar-refractivity contribution in [2.45, 2.75) is 19.0 Å². The Balaban J connectivity index is 1.77. The summed E-state index contributed by atoms with van der Waals surface area (Å²) in [6, 6.07) is -0.542. The quantitative estimate of drug-likeness (QED) is 0.902. The maximum absolute atomic E-state index is 12.4. The number of nitrogens with zero attached hydrogens (tertiary/aromatic N) is 1. The molecule has 1 aliphatic rings. The average molecular weight is 309 g/mol. The molecule has 0 aliphatic carbocycles. The molecule has 1 saturated heterocycles. The maximum Gasteiger partial charge on any atom is 0.427 e. The Morgan fingerprint density at radius 2 is 2.15 bits per heavy atom. The Hall–Kier alpha value is -1.35. The number of halogens is 3. The smallest absolute Gasteiger partial charge is 0.381 e. The lowest BCUT2D eigenvalue weighted by Gasteiger charge is -2.22. The van der Waals surface area contributed by atoms with Crippen LogP contribution in [0, 0.1) is 5.92 Å². The third-order valence-electron chi connectivity index (χ3n) is 2.90. The zero-order valence-corrected chi connectivity index (χ0v) is 11.3. The van der Waals surface area contributed by atoms with Crippen molar-refractivity contribution in [1.82, 2.24) is 10.3 Å². The number of carbonyl (C=O) groups excluding carboxylic acids is 1. The standard InChI is InChI=1S/C11H14F3N3O2S/c12-11(13,14)8-6-16-10(20-8)17-9(18)15-5-7-1-3-19-4-2-7/h6-7H,1-5H2,(H2,15,16,17,18). The van der Waals surface area contributed by atoms with Gasteiger partial charge in [0.2, 0.25) is 0 Å². The minimum absolute atomic E-state index is 0.0678. The van der Waals surface area contributed by atoms with E-state index < -0.39 is 17.1 Å². The number of ether oxygens (including phenoxy) is 1. The second kappa shape index (κ2) is 6.40. The topological polar surface area (TPSA) is 63.2 Å². The summed E-state index contributed by atoms with van der Waals surface area (Å²) < 4.78 is 42.3. The predicted octanol–water partition coefficient (Wildman–Crippen LogP) is 2.71. The van der Waals surface area contributed by atoms with Crippen LogP contribution in [0.1, 0.15) is 17.7 Å². The summed E-state index contributed by atoms with van der Waals surface area (Å²) in [7, 11) is 0. The molecule has 0 aromatic carbocycles.